The van der Waals surface area contributed by atoms with Crippen LogP contribution in [0.2, 0.25) is 0 Å². The molecule has 7 heteroatoms. The summed E-state index contributed by atoms with van der Waals surface area (Å²) in [5.74, 6) is -0.619. The molecule has 2 amide bonds. The van der Waals surface area contributed by atoms with Gasteiger partial charge in [0.1, 0.15) is 6.04 Å². The first kappa shape index (κ1) is 24.4. The van der Waals surface area contributed by atoms with Gasteiger partial charge in [-0.25, -0.2) is 0 Å². The fourth-order valence-electron chi connectivity index (χ4n) is 3.63. The Kier molecular flexibility index (Phi) is 8.92. The molecule has 0 saturated carbocycles. The number of pyridine rings is 1. The second kappa shape index (κ2) is 12.1. The number of hydrogen-bond donors (Lipinski definition) is 4. The van der Waals surface area contributed by atoms with Crippen molar-refractivity contribution >= 4 is 22.7 Å². The maximum absolute atomic E-state index is 13.1. The number of nitrogens with two attached hydrogens (primary N) is 2. The lowest BCUT2D eigenvalue weighted by Crippen LogP contribution is -2.52. The van der Waals surface area contributed by atoms with E-state index in [2.05, 4.69) is 34.7 Å². The largest absolute Gasteiger partial charge is 0.350 e. The maximum Gasteiger partial charge on any atom is 0.243 e. The molecule has 6 N–H and O–H groups in total. The first-order valence-electron chi connectivity index (χ1n) is 11.5. The van der Waals surface area contributed by atoms with Crippen molar-refractivity contribution in [1.82, 2.24) is 15.6 Å². The van der Waals surface area contributed by atoms with Crippen molar-refractivity contribution in [2.45, 2.75) is 51.2 Å². The van der Waals surface area contributed by atoms with Crippen molar-refractivity contribution in [3.05, 3.63) is 77.5 Å². The van der Waals surface area contributed by atoms with E-state index >= 15 is 0 Å². The molecule has 2 atom stereocenters. The van der Waals surface area contributed by atoms with Crippen LogP contribution in [0.15, 0.2) is 60.8 Å². The van der Waals surface area contributed by atoms with Crippen LogP contribution in [0.4, 0.5) is 0 Å². The van der Waals surface area contributed by atoms with Gasteiger partial charge in [-0.05, 0) is 54.6 Å². The number of para-hydroxylation sites is 1. The Hall–Kier alpha value is -3.29. The number of hydrogen-bond acceptors (Lipinski definition) is 5. The van der Waals surface area contributed by atoms with Gasteiger partial charge in [0, 0.05) is 24.5 Å². The van der Waals surface area contributed by atoms with E-state index in [0.29, 0.717) is 32.4 Å². The molecule has 0 aliphatic heterocycles. The lowest BCUT2D eigenvalue weighted by atomic mass is 10.0. The molecule has 0 saturated heterocycles. The molecule has 3 aromatic rings. The molecule has 0 spiro atoms. The van der Waals surface area contributed by atoms with Gasteiger partial charge in [0.15, 0.2) is 0 Å². The summed E-state index contributed by atoms with van der Waals surface area (Å²) >= 11 is 0. The Morgan fingerprint density at radius 3 is 2.45 bits per heavy atom. The predicted molar refractivity (Wildman–Crippen MR) is 131 cm³/mol. The highest BCUT2D eigenvalue weighted by Crippen LogP contribution is 2.14. The van der Waals surface area contributed by atoms with Gasteiger partial charge in [0.2, 0.25) is 11.8 Å². The molecule has 7 nitrogen and oxygen atoms in total. The van der Waals surface area contributed by atoms with Gasteiger partial charge in [-0.3, -0.25) is 14.6 Å². The van der Waals surface area contributed by atoms with Gasteiger partial charge in [-0.15, -0.1) is 0 Å². The summed E-state index contributed by atoms with van der Waals surface area (Å²) in [5, 5.41) is 6.76. The zero-order chi connectivity index (χ0) is 23.6. The summed E-state index contributed by atoms with van der Waals surface area (Å²) in [6.45, 7) is 2.94. The highest BCUT2D eigenvalue weighted by molar-refractivity contribution is 5.90. The lowest BCUT2D eigenvalue weighted by Gasteiger charge is -2.21. The van der Waals surface area contributed by atoms with Crippen molar-refractivity contribution in [2.24, 2.45) is 11.5 Å². The fourth-order valence-corrected chi connectivity index (χ4v) is 3.63. The van der Waals surface area contributed by atoms with Gasteiger partial charge < -0.3 is 22.1 Å². The first-order chi connectivity index (χ1) is 16.0. The van der Waals surface area contributed by atoms with Crippen LogP contribution in [0.1, 0.15) is 36.5 Å². The van der Waals surface area contributed by atoms with Crippen LogP contribution < -0.4 is 22.1 Å². The number of aromatic nitrogens is 1. The highest BCUT2D eigenvalue weighted by Gasteiger charge is 2.24. The van der Waals surface area contributed by atoms with Gasteiger partial charge in [0.25, 0.3) is 0 Å². The van der Waals surface area contributed by atoms with Crippen molar-refractivity contribution in [1.29, 1.82) is 0 Å². The van der Waals surface area contributed by atoms with Gasteiger partial charge in [-0.1, -0.05) is 49.4 Å². The third-order valence-corrected chi connectivity index (χ3v) is 5.67. The van der Waals surface area contributed by atoms with Crippen LogP contribution in [0.5, 0.6) is 0 Å². The number of aryl methyl sites for hydroxylation is 1. The van der Waals surface area contributed by atoms with Crippen LogP contribution in [-0.4, -0.2) is 35.4 Å². The minimum absolute atomic E-state index is 0.262. The first-order valence-corrected chi connectivity index (χ1v) is 11.5. The van der Waals surface area contributed by atoms with E-state index in [0.717, 1.165) is 28.5 Å². The molecular weight excluding hydrogens is 414 g/mol. The van der Waals surface area contributed by atoms with Crippen molar-refractivity contribution in [3.8, 4) is 0 Å². The zero-order valence-corrected chi connectivity index (χ0v) is 19.1. The van der Waals surface area contributed by atoms with Crippen LogP contribution in [-0.2, 0) is 29.0 Å². The summed E-state index contributed by atoms with van der Waals surface area (Å²) in [6.07, 6.45) is 4.14. The SMILES string of the molecule is CCc1ccc(CNC(=O)[C@@H](Cc2cnc3ccccc3c2)NC(=O)[C@H](N)CCCN)cc1. The fraction of sp³-hybridized carbons (Fsp3) is 0.346. The number of carbonyl (C=O) groups is 2. The van der Waals surface area contributed by atoms with E-state index in [1.807, 2.05) is 42.5 Å². The van der Waals surface area contributed by atoms with E-state index in [1.54, 1.807) is 6.20 Å². The van der Waals surface area contributed by atoms with Crippen molar-refractivity contribution in [2.75, 3.05) is 6.54 Å². The van der Waals surface area contributed by atoms with Gasteiger partial charge >= 0.3 is 0 Å². The van der Waals surface area contributed by atoms with Crippen LogP contribution in [0.3, 0.4) is 0 Å². The quantitative estimate of drug-likeness (QED) is 0.359. The number of amides is 2. The Morgan fingerprint density at radius 2 is 1.73 bits per heavy atom. The standard InChI is InChI=1S/C26H33N5O2/c1-2-18-9-11-19(12-10-18)16-30-26(33)24(31-25(32)22(28)7-5-13-27)15-20-14-21-6-3-4-8-23(21)29-17-20/h3-4,6,8-12,14,17,22,24H,2,5,7,13,15-16,27-28H2,1H3,(H,30,33)(H,31,32)/t22-,24-/m1/s1. The number of rotatable bonds is 11. The zero-order valence-electron chi connectivity index (χ0n) is 19.1. The van der Waals surface area contributed by atoms with Crippen molar-refractivity contribution < 1.29 is 9.59 Å². The minimum atomic E-state index is -0.765. The Labute approximate surface area is 195 Å². The molecule has 0 radical (unpaired) electrons. The lowest BCUT2D eigenvalue weighted by molar-refractivity contribution is -0.129. The highest BCUT2D eigenvalue weighted by atomic mass is 16.2. The molecule has 174 valence electrons. The number of nitrogens with zero attached hydrogens (tertiary/aromatic N) is 1. The van der Waals surface area contributed by atoms with E-state index in [9.17, 15) is 9.59 Å². The number of nitrogens with one attached hydrogen (secondary N) is 2. The molecule has 0 bridgehead atoms. The summed E-state index contributed by atoms with van der Waals surface area (Å²) < 4.78 is 0. The molecule has 0 aliphatic rings. The molecule has 0 aliphatic carbocycles. The molecule has 1 aromatic heterocycles. The average Bonchev–Trinajstić information content (AvgIpc) is 2.85. The third kappa shape index (κ3) is 7.10. The molecule has 0 fully saturated rings. The minimum Gasteiger partial charge on any atom is -0.350 e. The van der Waals surface area contributed by atoms with Crippen LogP contribution >= 0.6 is 0 Å². The van der Waals surface area contributed by atoms with E-state index in [1.165, 1.54) is 5.56 Å². The van der Waals surface area contributed by atoms with E-state index < -0.39 is 12.1 Å². The molecular formula is C26H33N5O2. The monoisotopic (exact) mass is 447 g/mol. The predicted octanol–water partition coefficient (Wildman–Crippen LogP) is 2.21. The molecule has 1 heterocycles. The Morgan fingerprint density at radius 1 is 1.00 bits per heavy atom. The van der Waals surface area contributed by atoms with Crippen molar-refractivity contribution in [3.63, 3.8) is 0 Å². The maximum atomic E-state index is 13.1. The third-order valence-electron chi connectivity index (χ3n) is 5.67. The van der Waals surface area contributed by atoms with Crippen LogP contribution in [0, 0.1) is 0 Å². The number of fused-ring (bicyclic) bond motifs is 1. The molecule has 3 rings (SSSR count). The van der Waals surface area contributed by atoms with E-state index in [4.69, 9.17) is 11.5 Å². The summed E-state index contributed by atoms with van der Waals surface area (Å²) in [7, 11) is 0. The van der Waals surface area contributed by atoms with Gasteiger partial charge in [-0.2, -0.15) is 0 Å². The Bertz CT molecular complexity index is 1070. The Balaban J connectivity index is 1.72. The summed E-state index contributed by atoms with van der Waals surface area (Å²) in [6, 6.07) is 16.4. The number of carbonyl (C=O) groups excluding carboxylic acids is 2. The average molecular weight is 448 g/mol. The normalized spacial score (nSPS) is 12.8. The molecule has 2 aromatic carbocycles. The summed E-state index contributed by atoms with van der Waals surface area (Å²) in [4.78, 5) is 30.2. The molecule has 33 heavy (non-hydrogen) atoms. The second-order valence-corrected chi connectivity index (χ2v) is 8.23. The van der Waals surface area contributed by atoms with E-state index in [-0.39, 0.29) is 11.8 Å². The van der Waals surface area contributed by atoms with Gasteiger partial charge in [0.05, 0.1) is 11.6 Å². The second-order valence-electron chi connectivity index (χ2n) is 8.23. The number of benzene rings is 2. The van der Waals surface area contributed by atoms with Crippen LogP contribution in [0.25, 0.3) is 10.9 Å². The summed E-state index contributed by atoms with van der Waals surface area (Å²) in [5.41, 5.74) is 15.5. The topological polar surface area (TPSA) is 123 Å². The molecule has 0 unspecified atom stereocenters. The smallest absolute Gasteiger partial charge is 0.243 e.